The van der Waals surface area contributed by atoms with Crippen LogP contribution in [0.15, 0.2) is 18.2 Å². The highest BCUT2D eigenvalue weighted by Crippen LogP contribution is 2.21. The summed E-state index contributed by atoms with van der Waals surface area (Å²) in [6.45, 7) is 5.17. The van der Waals surface area contributed by atoms with E-state index in [1.165, 1.54) is 19.1 Å². The first-order valence-corrected chi connectivity index (χ1v) is 5.70. The average Bonchev–Trinajstić information content (AvgIpc) is 2.28. The van der Waals surface area contributed by atoms with Crippen LogP contribution in [-0.2, 0) is 4.79 Å². The van der Waals surface area contributed by atoms with E-state index >= 15 is 0 Å². The molecule has 1 aromatic rings. The topological polar surface area (TPSA) is 55.4 Å². The van der Waals surface area contributed by atoms with E-state index in [2.05, 4.69) is 5.32 Å². The summed E-state index contributed by atoms with van der Waals surface area (Å²) in [4.78, 5) is 22.9. The third-order valence-corrected chi connectivity index (χ3v) is 2.35. The number of ether oxygens (including phenoxy) is 1. The molecule has 1 rings (SSSR count). The second kappa shape index (κ2) is 6.14. The molecule has 0 fully saturated rings. The number of hydrogen-bond donors (Lipinski definition) is 1. The van der Waals surface area contributed by atoms with Crippen LogP contribution in [0.2, 0.25) is 0 Å². The van der Waals surface area contributed by atoms with Crippen molar-refractivity contribution >= 4 is 11.7 Å². The van der Waals surface area contributed by atoms with Crippen LogP contribution in [0, 0.1) is 5.82 Å². The molecule has 0 saturated heterocycles. The monoisotopic (exact) mass is 253 g/mol. The van der Waals surface area contributed by atoms with Crippen molar-refractivity contribution in [3.8, 4) is 5.75 Å². The van der Waals surface area contributed by atoms with Gasteiger partial charge < -0.3 is 10.1 Å². The third-order valence-electron chi connectivity index (χ3n) is 2.35. The molecule has 0 aliphatic rings. The fourth-order valence-corrected chi connectivity index (χ4v) is 1.45. The Bertz CT molecular complexity index is 460. The van der Waals surface area contributed by atoms with Crippen molar-refractivity contribution in [1.82, 2.24) is 5.32 Å². The molecule has 98 valence electrons. The van der Waals surface area contributed by atoms with E-state index in [0.717, 1.165) is 6.07 Å². The summed E-state index contributed by atoms with van der Waals surface area (Å²) < 4.78 is 18.4. The molecule has 0 spiro atoms. The quantitative estimate of drug-likeness (QED) is 0.816. The summed E-state index contributed by atoms with van der Waals surface area (Å²) in [7, 11) is 0. The lowest BCUT2D eigenvalue weighted by Crippen LogP contribution is -2.36. The molecule has 1 unspecified atom stereocenters. The van der Waals surface area contributed by atoms with Gasteiger partial charge in [0, 0.05) is 12.6 Å². The maximum absolute atomic E-state index is 13.1. The summed E-state index contributed by atoms with van der Waals surface area (Å²) in [5.74, 6) is -0.983. The van der Waals surface area contributed by atoms with Gasteiger partial charge in [0.2, 0.25) is 0 Å². The number of carbonyl (C=O) groups excluding carboxylic acids is 2. The Morgan fingerprint density at radius 2 is 2.11 bits per heavy atom. The molecule has 0 bridgehead atoms. The smallest absolute Gasteiger partial charge is 0.260 e. The molecule has 1 N–H and O–H groups in total. The molecule has 1 aromatic carbocycles. The van der Waals surface area contributed by atoms with Crippen LogP contribution < -0.4 is 10.1 Å². The molecule has 0 aromatic heterocycles. The number of likely N-dealkylation sites (N-methyl/N-ethyl adjacent to an activating group) is 1. The van der Waals surface area contributed by atoms with Crippen LogP contribution in [0.1, 0.15) is 31.1 Å². The Morgan fingerprint density at radius 3 is 2.67 bits per heavy atom. The van der Waals surface area contributed by atoms with Gasteiger partial charge in [0.1, 0.15) is 11.6 Å². The van der Waals surface area contributed by atoms with Crippen molar-refractivity contribution < 1.29 is 18.7 Å². The van der Waals surface area contributed by atoms with Crippen molar-refractivity contribution in [2.24, 2.45) is 0 Å². The lowest BCUT2D eigenvalue weighted by Gasteiger charge is -2.16. The van der Waals surface area contributed by atoms with Crippen molar-refractivity contribution in [3.05, 3.63) is 29.6 Å². The Kier molecular flexibility index (Phi) is 4.83. The van der Waals surface area contributed by atoms with Crippen molar-refractivity contribution in [1.29, 1.82) is 0 Å². The molecule has 5 heteroatoms. The molecular weight excluding hydrogens is 237 g/mol. The maximum Gasteiger partial charge on any atom is 0.260 e. The summed E-state index contributed by atoms with van der Waals surface area (Å²) in [5.41, 5.74) is 0.257. The molecule has 18 heavy (non-hydrogen) atoms. The van der Waals surface area contributed by atoms with Gasteiger partial charge in [-0.2, -0.15) is 0 Å². The standard InChI is InChI=1S/C13H16FNO3/c1-4-15-13(17)9(3)18-12-7-10(14)5-6-11(12)8(2)16/h5-7,9H,4H2,1-3H3,(H,15,17). The molecule has 0 heterocycles. The van der Waals surface area contributed by atoms with Crippen molar-refractivity contribution in [3.63, 3.8) is 0 Å². The van der Waals surface area contributed by atoms with Gasteiger partial charge in [0.15, 0.2) is 11.9 Å². The summed E-state index contributed by atoms with van der Waals surface area (Å²) >= 11 is 0. The van der Waals surface area contributed by atoms with Gasteiger partial charge >= 0.3 is 0 Å². The van der Waals surface area contributed by atoms with Gasteiger partial charge in [-0.25, -0.2) is 4.39 Å². The largest absolute Gasteiger partial charge is 0.480 e. The first kappa shape index (κ1) is 14.2. The summed E-state index contributed by atoms with van der Waals surface area (Å²) in [5, 5.41) is 2.59. The van der Waals surface area contributed by atoms with E-state index in [0.29, 0.717) is 6.54 Å². The molecule has 0 aliphatic heterocycles. The molecular formula is C13H16FNO3. The number of Topliss-reactive ketones (excluding diaryl/α,β-unsaturated/α-hetero) is 1. The van der Waals surface area contributed by atoms with E-state index in [1.807, 2.05) is 0 Å². The normalized spacial score (nSPS) is 11.8. The number of amides is 1. The van der Waals surface area contributed by atoms with E-state index in [4.69, 9.17) is 4.74 Å². The first-order valence-electron chi connectivity index (χ1n) is 5.70. The lowest BCUT2D eigenvalue weighted by molar-refractivity contribution is -0.127. The van der Waals surface area contributed by atoms with Crippen LogP contribution in [-0.4, -0.2) is 24.3 Å². The molecule has 0 radical (unpaired) electrons. The van der Waals surface area contributed by atoms with Crippen LogP contribution in [0.3, 0.4) is 0 Å². The highest BCUT2D eigenvalue weighted by atomic mass is 19.1. The summed E-state index contributed by atoms with van der Waals surface area (Å²) in [6.07, 6.45) is -0.787. The van der Waals surface area contributed by atoms with Crippen molar-refractivity contribution in [2.45, 2.75) is 26.9 Å². The molecule has 0 saturated carbocycles. The van der Waals surface area contributed by atoms with Gasteiger partial charge in [-0.3, -0.25) is 9.59 Å². The lowest BCUT2D eigenvalue weighted by atomic mass is 10.1. The third kappa shape index (κ3) is 3.55. The SMILES string of the molecule is CCNC(=O)C(C)Oc1cc(F)ccc1C(C)=O. The molecule has 1 atom stereocenters. The second-order valence-corrected chi connectivity index (χ2v) is 3.85. The van der Waals surface area contributed by atoms with Crippen LogP contribution >= 0.6 is 0 Å². The predicted molar refractivity (Wildman–Crippen MR) is 65.2 cm³/mol. The first-order chi connectivity index (χ1) is 8.45. The number of nitrogens with one attached hydrogen (secondary N) is 1. The minimum Gasteiger partial charge on any atom is -0.480 e. The fourth-order valence-electron chi connectivity index (χ4n) is 1.45. The van der Waals surface area contributed by atoms with E-state index in [9.17, 15) is 14.0 Å². The Morgan fingerprint density at radius 1 is 1.44 bits per heavy atom. The van der Waals surface area contributed by atoms with E-state index in [1.54, 1.807) is 13.8 Å². The van der Waals surface area contributed by atoms with Crippen LogP contribution in [0.25, 0.3) is 0 Å². The zero-order chi connectivity index (χ0) is 13.7. The average molecular weight is 253 g/mol. The maximum atomic E-state index is 13.1. The highest BCUT2D eigenvalue weighted by Gasteiger charge is 2.17. The van der Waals surface area contributed by atoms with E-state index in [-0.39, 0.29) is 23.0 Å². The number of carbonyl (C=O) groups is 2. The van der Waals surface area contributed by atoms with Gasteiger partial charge in [0.05, 0.1) is 5.56 Å². The van der Waals surface area contributed by atoms with Gasteiger partial charge in [-0.15, -0.1) is 0 Å². The number of benzene rings is 1. The predicted octanol–water partition coefficient (Wildman–Crippen LogP) is 1.93. The Balaban J connectivity index is 2.92. The van der Waals surface area contributed by atoms with Crippen LogP contribution in [0.5, 0.6) is 5.75 Å². The fraction of sp³-hybridized carbons (Fsp3) is 0.385. The van der Waals surface area contributed by atoms with E-state index < -0.39 is 11.9 Å². The zero-order valence-electron chi connectivity index (χ0n) is 10.6. The Labute approximate surface area is 105 Å². The number of ketones is 1. The summed E-state index contributed by atoms with van der Waals surface area (Å²) in [6, 6.07) is 3.63. The zero-order valence-corrected chi connectivity index (χ0v) is 10.6. The van der Waals surface area contributed by atoms with Gasteiger partial charge in [-0.1, -0.05) is 0 Å². The number of halogens is 1. The molecule has 1 amide bonds. The van der Waals surface area contributed by atoms with Crippen molar-refractivity contribution in [2.75, 3.05) is 6.54 Å². The Hall–Kier alpha value is -1.91. The minimum atomic E-state index is -0.787. The van der Waals surface area contributed by atoms with Crippen LogP contribution in [0.4, 0.5) is 4.39 Å². The molecule has 0 aliphatic carbocycles. The highest BCUT2D eigenvalue weighted by molar-refractivity contribution is 5.97. The van der Waals surface area contributed by atoms with Gasteiger partial charge in [-0.05, 0) is 32.9 Å². The van der Waals surface area contributed by atoms with Gasteiger partial charge in [0.25, 0.3) is 5.91 Å². The second-order valence-electron chi connectivity index (χ2n) is 3.85. The number of rotatable bonds is 5. The minimum absolute atomic E-state index is 0.0845. The number of hydrogen-bond acceptors (Lipinski definition) is 3. The molecule has 4 nitrogen and oxygen atoms in total.